The average Bonchev–Trinajstić information content (AvgIpc) is 3.13. The van der Waals surface area contributed by atoms with E-state index in [-0.39, 0.29) is 12.5 Å². The number of nitrogens with zero attached hydrogens (tertiary/aromatic N) is 3. The number of carbonyl (C=O) groups is 1. The van der Waals surface area contributed by atoms with Crippen LogP contribution in [0.15, 0.2) is 67.0 Å². The second-order valence-corrected chi connectivity index (χ2v) is 6.15. The van der Waals surface area contributed by atoms with E-state index in [0.717, 1.165) is 17.0 Å². The first kappa shape index (κ1) is 18.5. The van der Waals surface area contributed by atoms with Crippen LogP contribution < -0.4 is 20.5 Å². The molecule has 2 aromatic carbocycles. The second-order valence-electron chi connectivity index (χ2n) is 6.15. The number of methoxy groups -OCH3 is 1. The lowest BCUT2D eigenvalue weighted by molar-refractivity contribution is -0.114. The minimum atomic E-state index is -0.345. The number of fused-ring (bicyclic) bond motifs is 1. The molecule has 0 aliphatic rings. The highest BCUT2D eigenvalue weighted by atomic mass is 16.5. The van der Waals surface area contributed by atoms with Gasteiger partial charge in [0.25, 0.3) is 0 Å². The molecule has 1 amide bonds. The Kier molecular flexibility index (Phi) is 5.08. The molecule has 0 saturated carbocycles. The van der Waals surface area contributed by atoms with Gasteiger partial charge in [-0.15, -0.1) is 5.10 Å². The van der Waals surface area contributed by atoms with Crippen molar-refractivity contribution in [3.63, 3.8) is 0 Å². The van der Waals surface area contributed by atoms with Crippen molar-refractivity contribution < 1.29 is 14.3 Å². The third-order valence-electron chi connectivity index (χ3n) is 4.29. The van der Waals surface area contributed by atoms with E-state index in [9.17, 15) is 4.79 Å². The molecule has 0 aliphatic carbocycles. The molecule has 0 aliphatic heterocycles. The van der Waals surface area contributed by atoms with Crippen LogP contribution in [0.25, 0.3) is 16.6 Å². The Morgan fingerprint density at radius 1 is 1.10 bits per heavy atom. The van der Waals surface area contributed by atoms with Gasteiger partial charge in [0, 0.05) is 6.20 Å². The maximum Gasteiger partial charge on any atom is 0.239 e. The van der Waals surface area contributed by atoms with Crippen molar-refractivity contribution in [3.8, 4) is 22.9 Å². The number of nitrogens with two attached hydrogens (primary N) is 1. The van der Waals surface area contributed by atoms with Crippen molar-refractivity contribution >= 4 is 22.6 Å². The summed E-state index contributed by atoms with van der Waals surface area (Å²) in [6.45, 7) is -0.150. The number of nitrogens with one attached hydrogen (secondary N) is 1. The SMILES string of the molecule is COc1ccc(-n2nc(NC(=O)CN)c3c(Oc4cccnc4)cccc32)cc1. The van der Waals surface area contributed by atoms with Gasteiger partial charge >= 0.3 is 0 Å². The number of carbonyl (C=O) groups excluding carboxylic acids is 1. The van der Waals surface area contributed by atoms with Gasteiger partial charge in [0.05, 0.1) is 36.4 Å². The molecule has 0 spiro atoms. The maximum atomic E-state index is 12.0. The first-order valence-corrected chi connectivity index (χ1v) is 8.93. The quantitative estimate of drug-likeness (QED) is 0.525. The number of rotatable bonds is 6. The van der Waals surface area contributed by atoms with Crippen molar-refractivity contribution in [1.82, 2.24) is 14.8 Å². The van der Waals surface area contributed by atoms with E-state index in [1.165, 1.54) is 0 Å². The van der Waals surface area contributed by atoms with E-state index in [1.807, 2.05) is 42.5 Å². The standard InChI is InChI=1S/C21H19N5O3/c1-28-15-9-7-14(8-10-15)26-17-5-2-6-18(29-16-4-3-11-23-13-16)20(17)21(25-26)24-19(27)12-22/h2-11,13H,12,22H2,1H3,(H,24,25,27). The van der Waals surface area contributed by atoms with Gasteiger partial charge < -0.3 is 20.5 Å². The van der Waals surface area contributed by atoms with Crippen LogP contribution in [0.4, 0.5) is 5.82 Å². The fourth-order valence-corrected chi connectivity index (χ4v) is 2.95. The third-order valence-corrected chi connectivity index (χ3v) is 4.29. The molecule has 0 radical (unpaired) electrons. The van der Waals surface area contributed by atoms with Gasteiger partial charge in [-0.05, 0) is 48.5 Å². The lowest BCUT2D eigenvalue weighted by atomic mass is 10.2. The van der Waals surface area contributed by atoms with E-state index in [4.69, 9.17) is 15.2 Å². The lowest BCUT2D eigenvalue weighted by Crippen LogP contribution is -2.22. The summed E-state index contributed by atoms with van der Waals surface area (Å²) in [5.74, 6) is 1.88. The Labute approximate surface area is 166 Å². The average molecular weight is 389 g/mol. The van der Waals surface area contributed by atoms with Crippen LogP contribution in [-0.2, 0) is 4.79 Å². The van der Waals surface area contributed by atoms with Crippen molar-refractivity contribution in [2.75, 3.05) is 19.0 Å². The summed E-state index contributed by atoms with van der Waals surface area (Å²) < 4.78 is 13.0. The topological polar surface area (TPSA) is 104 Å². The summed E-state index contributed by atoms with van der Waals surface area (Å²) in [4.78, 5) is 16.0. The van der Waals surface area contributed by atoms with E-state index in [1.54, 1.807) is 36.3 Å². The van der Waals surface area contributed by atoms with E-state index in [0.29, 0.717) is 22.7 Å². The number of hydrogen-bond donors (Lipinski definition) is 2. The molecule has 2 aromatic heterocycles. The smallest absolute Gasteiger partial charge is 0.239 e. The number of anilines is 1. The van der Waals surface area contributed by atoms with Crippen LogP contribution in [0.1, 0.15) is 0 Å². The predicted octanol–water partition coefficient (Wildman–Crippen LogP) is 3.12. The van der Waals surface area contributed by atoms with Gasteiger partial charge in [-0.1, -0.05) is 6.07 Å². The van der Waals surface area contributed by atoms with Gasteiger partial charge in [0.15, 0.2) is 5.82 Å². The monoisotopic (exact) mass is 389 g/mol. The van der Waals surface area contributed by atoms with Crippen LogP contribution in [0.5, 0.6) is 17.2 Å². The van der Waals surface area contributed by atoms with Crippen LogP contribution in [0.2, 0.25) is 0 Å². The summed E-state index contributed by atoms with van der Waals surface area (Å²) in [6, 6.07) is 16.6. The largest absolute Gasteiger partial charge is 0.497 e. The third kappa shape index (κ3) is 3.74. The summed E-state index contributed by atoms with van der Waals surface area (Å²) in [7, 11) is 1.61. The predicted molar refractivity (Wildman–Crippen MR) is 110 cm³/mol. The van der Waals surface area contributed by atoms with E-state index >= 15 is 0 Å². The summed E-state index contributed by atoms with van der Waals surface area (Å²) in [5, 5.41) is 8.02. The molecule has 8 nitrogen and oxygen atoms in total. The van der Waals surface area contributed by atoms with Crippen molar-refractivity contribution in [1.29, 1.82) is 0 Å². The fraction of sp³-hybridized carbons (Fsp3) is 0.0952. The van der Waals surface area contributed by atoms with Crippen molar-refractivity contribution in [3.05, 3.63) is 67.0 Å². The van der Waals surface area contributed by atoms with Gasteiger partial charge in [-0.2, -0.15) is 0 Å². The molecule has 4 aromatic rings. The number of aromatic nitrogens is 3. The molecule has 0 fully saturated rings. The van der Waals surface area contributed by atoms with Crippen molar-refractivity contribution in [2.45, 2.75) is 0 Å². The Hall–Kier alpha value is -3.91. The number of ether oxygens (including phenoxy) is 2. The van der Waals surface area contributed by atoms with E-state index < -0.39 is 0 Å². The zero-order valence-electron chi connectivity index (χ0n) is 15.7. The first-order chi connectivity index (χ1) is 14.2. The number of hydrogen-bond acceptors (Lipinski definition) is 6. The summed E-state index contributed by atoms with van der Waals surface area (Å²) in [5.41, 5.74) is 7.05. The summed E-state index contributed by atoms with van der Waals surface area (Å²) in [6.07, 6.45) is 3.28. The zero-order valence-corrected chi connectivity index (χ0v) is 15.7. The Bertz CT molecular complexity index is 1140. The van der Waals surface area contributed by atoms with E-state index in [2.05, 4.69) is 15.4 Å². The number of amides is 1. The number of pyridine rings is 1. The van der Waals surface area contributed by atoms with Crippen LogP contribution in [-0.4, -0.2) is 34.3 Å². The Morgan fingerprint density at radius 3 is 2.62 bits per heavy atom. The molecular weight excluding hydrogens is 370 g/mol. The van der Waals surface area contributed by atoms with Crippen molar-refractivity contribution in [2.24, 2.45) is 5.73 Å². The molecular formula is C21H19N5O3. The minimum absolute atomic E-state index is 0.150. The van der Waals surface area contributed by atoms with Gasteiger partial charge in [-0.25, -0.2) is 4.68 Å². The van der Waals surface area contributed by atoms with Crippen LogP contribution >= 0.6 is 0 Å². The van der Waals surface area contributed by atoms with Crippen LogP contribution in [0, 0.1) is 0 Å². The maximum absolute atomic E-state index is 12.0. The zero-order chi connectivity index (χ0) is 20.2. The Morgan fingerprint density at radius 2 is 1.93 bits per heavy atom. The molecule has 3 N–H and O–H groups in total. The second kappa shape index (κ2) is 7.99. The van der Waals surface area contributed by atoms with Gasteiger partial charge in [0.2, 0.25) is 5.91 Å². The fourth-order valence-electron chi connectivity index (χ4n) is 2.95. The highest BCUT2D eigenvalue weighted by molar-refractivity contribution is 6.03. The molecule has 4 rings (SSSR count). The van der Waals surface area contributed by atoms with Gasteiger partial charge in [-0.3, -0.25) is 9.78 Å². The first-order valence-electron chi connectivity index (χ1n) is 8.93. The molecule has 146 valence electrons. The molecule has 0 unspecified atom stereocenters. The summed E-state index contributed by atoms with van der Waals surface area (Å²) >= 11 is 0. The molecule has 0 saturated heterocycles. The van der Waals surface area contributed by atoms with Gasteiger partial charge in [0.1, 0.15) is 17.2 Å². The highest BCUT2D eigenvalue weighted by Gasteiger charge is 2.18. The minimum Gasteiger partial charge on any atom is -0.497 e. The highest BCUT2D eigenvalue weighted by Crippen LogP contribution is 2.36. The number of benzene rings is 2. The molecule has 0 atom stereocenters. The molecule has 2 heterocycles. The lowest BCUT2D eigenvalue weighted by Gasteiger charge is -2.08. The molecule has 29 heavy (non-hydrogen) atoms. The molecule has 0 bridgehead atoms. The Balaban J connectivity index is 1.86. The molecule has 8 heteroatoms. The normalized spacial score (nSPS) is 10.7. The van der Waals surface area contributed by atoms with Crippen LogP contribution in [0.3, 0.4) is 0 Å².